The van der Waals surface area contributed by atoms with Crippen LogP contribution in [-0.4, -0.2) is 9.91 Å². The van der Waals surface area contributed by atoms with Gasteiger partial charge in [-0.15, -0.1) is 0 Å². The lowest BCUT2D eigenvalue weighted by atomic mass is 10.0. The molecule has 0 saturated carbocycles. The molecule has 106 valence electrons. The predicted molar refractivity (Wildman–Crippen MR) is 66.0 cm³/mol. The van der Waals surface area contributed by atoms with Crippen LogP contribution in [0.5, 0.6) is 0 Å². The Labute approximate surface area is 116 Å². The van der Waals surface area contributed by atoms with Gasteiger partial charge in [0.15, 0.2) is 0 Å². The third-order valence-electron chi connectivity index (χ3n) is 2.71. The van der Waals surface area contributed by atoms with Crippen molar-refractivity contribution >= 4 is 5.69 Å². The summed E-state index contributed by atoms with van der Waals surface area (Å²) in [6.07, 6.45) is -2.72. The van der Waals surface area contributed by atoms with Crippen LogP contribution in [0.2, 0.25) is 0 Å². The van der Waals surface area contributed by atoms with Gasteiger partial charge < -0.3 is 0 Å². The van der Waals surface area contributed by atoms with E-state index >= 15 is 0 Å². The fourth-order valence-corrected chi connectivity index (χ4v) is 1.71. The van der Waals surface area contributed by atoms with Crippen molar-refractivity contribution in [3.63, 3.8) is 0 Å². The standard InChI is InChI=1S/C13H6F3N3O2/c14-13(15,16)11-3-10(6-18-7-11)8-1-2-9(5-17)12(4-8)19(20)21/h1-4,6-7H. The highest BCUT2D eigenvalue weighted by Crippen LogP contribution is 2.32. The van der Waals surface area contributed by atoms with Crippen molar-refractivity contribution in [1.29, 1.82) is 5.26 Å². The first-order valence-electron chi connectivity index (χ1n) is 5.54. The number of pyridine rings is 1. The average molecular weight is 293 g/mol. The summed E-state index contributed by atoms with van der Waals surface area (Å²) in [5, 5.41) is 19.6. The molecule has 0 bridgehead atoms. The Morgan fingerprint density at radius 1 is 1.19 bits per heavy atom. The quantitative estimate of drug-likeness (QED) is 0.626. The van der Waals surface area contributed by atoms with Gasteiger partial charge in [-0.1, -0.05) is 6.07 Å². The first-order chi connectivity index (χ1) is 9.82. The van der Waals surface area contributed by atoms with Crippen LogP contribution in [0.4, 0.5) is 18.9 Å². The Hall–Kier alpha value is -2.95. The molecular formula is C13H6F3N3O2. The molecule has 0 N–H and O–H groups in total. The number of rotatable bonds is 2. The molecule has 0 atom stereocenters. The van der Waals surface area contributed by atoms with Gasteiger partial charge in [0.2, 0.25) is 0 Å². The molecule has 0 radical (unpaired) electrons. The lowest BCUT2D eigenvalue weighted by molar-refractivity contribution is -0.385. The summed E-state index contributed by atoms with van der Waals surface area (Å²) < 4.78 is 37.9. The molecule has 0 spiro atoms. The van der Waals surface area contributed by atoms with E-state index < -0.39 is 22.4 Å². The summed E-state index contributed by atoms with van der Waals surface area (Å²) in [5.74, 6) is 0. The van der Waals surface area contributed by atoms with Crippen molar-refractivity contribution < 1.29 is 18.1 Å². The molecule has 2 aromatic rings. The predicted octanol–water partition coefficient (Wildman–Crippen LogP) is 3.55. The first kappa shape index (κ1) is 14.5. The van der Waals surface area contributed by atoms with Crippen LogP contribution in [0, 0.1) is 21.4 Å². The Kier molecular flexibility index (Phi) is 3.58. The molecular weight excluding hydrogens is 287 g/mol. The lowest BCUT2D eigenvalue weighted by Gasteiger charge is -2.08. The van der Waals surface area contributed by atoms with Crippen LogP contribution >= 0.6 is 0 Å². The number of nitrogens with zero attached hydrogens (tertiary/aromatic N) is 3. The maximum Gasteiger partial charge on any atom is 0.417 e. The fourth-order valence-electron chi connectivity index (χ4n) is 1.71. The molecule has 0 amide bonds. The van der Waals surface area contributed by atoms with E-state index in [1.165, 1.54) is 18.3 Å². The molecule has 0 fully saturated rings. The van der Waals surface area contributed by atoms with Crippen LogP contribution in [0.15, 0.2) is 36.7 Å². The number of hydrogen-bond acceptors (Lipinski definition) is 4. The van der Waals surface area contributed by atoms with Gasteiger partial charge in [0.1, 0.15) is 11.6 Å². The largest absolute Gasteiger partial charge is 0.417 e. The Balaban J connectivity index is 2.56. The van der Waals surface area contributed by atoms with Crippen molar-refractivity contribution in [2.75, 3.05) is 0 Å². The zero-order chi connectivity index (χ0) is 15.6. The number of nitro groups is 1. The van der Waals surface area contributed by atoms with Gasteiger partial charge in [-0.05, 0) is 17.7 Å². The molecule has 0 aliphatic heterocycles. The summed E-state index contributed by atoms with van der Waals surface area (Å²) in [7, 11) is 0. The van der Waals surface area contributed by atoms with Gasteiger partial charge in [-0.2, -0.15) is 18.4 Å². The summed E-state index contributed by atoms with van der Waals surface area (Å²) in [5.41, 5.74) is -1.32. The number of nitro benzene ring substituents is 1. The normalized spacial score (nSPS) is 11.0. The second-order valence-electron chi connectivity index (χ2n) is 4.06. The molecule has 21 heavy (non-hydrogen) atoms. The molecule has 0 unspecified atom stereocenters. The minimum Gasteiger partial charge on any atom is -0.263 e. The topological polar surface area (TPSA) is 79.8 Å². The number of nitriles is 1. The first-order valence-corrected chi connectivity index (χ1v) is 5.54. The number of halogens is 3. The van der Waals surface area contributed by atoms with E-state index in [1.54, 1.807) is 6.07 Å². The summed E-state index contributed by atoms with van der Waals surface area (Å²) >= 11 is 0. The maximum atomic E-state index is 12.6. The van der Waals surface area contributed by atoms with Crippen molar-refractivity contribution in [3.05, 3.63) is 57.9 Å². The molecule has 0 aliphatic carbocycles. The minimum atomic E-state index is -4.55. The molecule has 1 aromatic heterocycles. The van der Waals surface area contributed by atoms with Gasteiger partial charge >= 0.3 is 6.18 Å². The van der Waals surface area contributed by atoms with E-state index in [4.69, 9.17) is 5.26 Å². The van der Waals surface area contributed by atoms with E-state index in [2.05, 4.69) is 4.98 Å². The highest BCUT2D eigenvalue weighted by atomic mass is 19.4. The minimum absolute atomic E-state index is 0.0809. The van der Waals surface area contributed by atoms with E-state index in [1.807, 2.05) is 0 Å². The van der Waals surface area contributed by atoms with Crippen LogP contribution in [0.1, 0.15) is 11.1 Å². The van der Waals surface area contributed by atoms with Gasteiger partial charge in [-0.25, -0.2) is 0 Å². The second-order valence-corrected chi connectivity index (χ2v) is 4.06. The molecule has 1 heterocycles. The van der Waals surface area contributed by atoms with Crippen LogP contribution in [0.25, 0.3) is 11.1 Å². The smallest absolute Gasteiger partial charge is 0.263 e. The third kappa shape index (κ3) is 2.97. The zero-order valence-corrected chi connectivity index (χ0v) is 10.3. The monoisotopic (exact) mass is 293 g/mol. The van der Waals surface area contributed by atoms with E-state index in [0.717, 1.165) is 12.1 Å². The van der Waals surface area contributed by atoms with Crippen LogP contribution in [-0.2, 0) is 6.18 Å². The second kappa shape index (κ2) is 5.20. The van der Waals surface area contributed by atoms with E-state index in [9.17, 15) is 23.3 Å². The highest BCUT2D eigenvalue weighted by molar-refractivity contribution is 5.68. The molecule has 1 aromatic carbocycles. The summed E-state index contributed by atoms with van der Waals surface area (Å²) in [6, 6.07) is 6.07. The highest BCUT2D eigenvalue weighted by Gasteiger charge is 2.31. The third-order valence-corrected chi connectivity index (χ3v) is 2.71. The van der Waals surface area contributed by atoms with Crippen LogP contribution < -0.4 is 0 Å². The number of hydrogen-bond donors (Lipinski definition) is 0. The van der Waals surface area contributed by atoms with Crippen LogP contribution in [0.3, 0.4) is 0 Å². The Morgan fingerprint density at radius 3 is 2.48 bits per heavy atom. The number of benzene rings is 1. The fraction of sp³-hybridized carbons (Fsp3) is 0.0769. The van der Waals surface area contributed by atoms with Crippen molar-refractivity contribution in [3.8, 4) is 17.2 Å². The zero-order valence-electron chi connectivity index (χ0n) is 10.3. The summed E-state index contributed by atoms with van der Waals surface area (Å²) in [4.78, 5) is 13.6. The Morgan fingerprint density at radius 2 is 1.90 bits per heavy atom. The van der Waals surface area contributed by atoms with Crippen molar-refractivity contribution in [2.45, 2.75) is 6.18 Å². The molecule has 8 heteroatoms. The molecule has 0 saturated heterocycles. The maximum absolute atomic E-state index is 12.6. The van der Waals surface area contributed by atoms with Gasteiger partial charge in [-0.3, -0.25) is 15.1 Å². The molecule has 0 aliphatic rings. The Bertz CT molecular complexity index is 751. The van der Waals surface area contributed by atoms with Gasteiger partial charge in [0, 0.05) is 24.0 Å². The van der Waals surface area contributed by atoms with E-state index in [0.29, 0.717) is 6.20 Å². The average Bonchev–Trinajstić information content (AvgIpc) is 2.45. The van der Waals surface area contributed by atoms with Crippen molar-refractivity contribution in [1.82, 2.24) is 4.98 Å². The molecule has 5 nitrogen and oxygen atoms in total. The lowest BCUT2D eigenvalue weighted by Crippen LogP contribution is -2.05. The number of aromatic nitrogens is 1. The van der Waals surface area contributed by atoms with Gasteiger partial charge in [0.05, 0.1) is 10.5 Å². The summed E-state index contributed by atoms with van der Waals surface area (Å²) in [6.45, 7) is 0. The number of alkyl halides is 3. The SMILES string of the molecule is N#Cc1ccc(-c2cncc(C(F)(F)F)c2)cc1[N+](=O)[O-]. The van der Waals surface area contributed by atoms with Gasteiger partial charge in [0.25, 0.3) is 5.69 Å². The van der Waals surface area contributed by atoms with Crippen molar-refractivity contribution in [2.24, 2.45) is 0 Å². The van der Waals surface area contributed by atoms with E-state index in [-0.39, 0.29) is 16.7 Å². The molecule has 2 rings (SSSR count).